The maximum Gasteiger partial charge on any atom is 0.276 e. The summed E-state index contributed by atoms with van der Waals surface area (Å²) in [5, 5.41) is 10.5. The molecule has 0 spiro atoms. The molecule has 1 aromatic carbocycles. The van der Waals surface area contributed by atoms with Gasteiger partial charge >= 0.3 is 0 Å². The molecule has 2 N–H and O–H groups in total. The number of aryl methyl sites for hydroxylation is 2. The Labute approximate surface area is 166 Å². The van der Waals surface area contributed by atoms with E-state index < -0.39 is 5.91 Å². The lowest BCUT2D eigenvalue weighted by atomic mass is 10.1. The predicted octanol–water partition coefficient (Wildman–Crippen LogP) is 4.51. The van der Waals surface area contributed by atoms with Gasteiger partial charge in [-0.1, -0.05) is 36.7 Å². The highest BCUT2D eigenvalue weighted by Gasteiger charge is 2.24. The Hall–Kier alpha value is -2.64. The van der Waals surface area contributed by atoms with Crippen LogP contribution in [0.5, 0.6) is 0 Å². The van der Waals surface area contributed by atoms with Gasteiger partial charge in [-0.15, -0.1) is 11.3 Å². The van der Waals surface area contributed by atoms with Gasteiger partial charge in [0, 0.05) is 17.6 Å². The summed E-state index contributed by atoms with van der Waals surface area (Å²) in [6, 6.07) is 9.21. The van der Waals surface area contributed by atoms with Crippen LogP contribution in [0.4, 0.5) is 10.7 Å². The molecule has 0 unspecified atom stereocenters. The summed E-state index contributed by atoms with van der Waals surface area (Å²) in [6.45, 7) is 3.92. The monoisotopic (exact) mass is 402 g/mol. The number of halogens is 1. The van der Waals surface area contributed by atoms with Gasteiger partial charge in [-0.05, 0) is 31.0 Å². The molecule has 0 fully saturated rings. The minimum absolute atomic E-state index is 0.246. The van der Waals surface area contributed by atoms with Crippen molar-refractivity contribution in [1.82, 2.24) is 9.78 Å². The molecular formula is C19H19ClN4O2S. The Morgan fingerprint density at radius 2 is 1.89 bits per heavy atom. The van der Waals surface area contributed by atoms with Crippen molar-refractivity contribution in [2.45, 2.75) is 20.3 Å². The van der Waals surface area contributed by atoms with Gasteiger partial charge in [0.1, 0.15) is 10.7 Å². The Bertz CT molecular complexity index is 975. The number of carbonyl (C=O) groups excluding carboxylic acids is 2. The number of aromatic nitrogens is 2. The summed E-state index contributed by atoms with van der Waals surface area (Å²) < 4.78 is 1.41. The number of hydrogen-bond donors (Lipinski definition) is 2. The third kappa shape index (κ3) is 3.89. The number of carbonyl (C=O) groups is 2. The highest BCUT2D eigenvalue weighted by molar-refractivity contribution is 7.16. The minimum Gasteiger partial charge on any atom is -0.322 e. The number of benzene rings is 1. The van der Waals surface area contributed by atoms with Crippen molar-refractivity contribution < 1.29 is 9.59 Å². The van der Waals surface area contributed by atoms with Gasteiger partial charge in [0.15, 0.2) is 0 Å². The molecule has 0 atom stereocenters. The van der Waals surface area contributed by atoms with Crippen molar-refractivity contribution >= 4 is 45.4 Å². The molecule has 0 aliphatic rings. The van der Waals surface area contributed by atoms with Crippen LogP contribution < -0.4 is 10.6 Å². The van der Waals surface area contributed by atoms with Gasteiger partial charge in [-0.25, -0.2) is 0 Å². The molecule has 8 heteroatoms. The van der Waals surface area contributed by atoms with Crippen LogP contribution in [0.15, 0.2) is 36.5 Å². The fourth-order valence-electron chi connectivity index (χ4n) is 2.88. The van der Waals surface area contributed by atoms with E-state index in [0.29, 0.717) is 22.7 Å². The van der Waals surface area contributed by atoms with Crippen LogP contribution >= 0.6 is 22.9 Å². The molecule has 0 radical (unpaired) electrons. The molecular weight excluding hydrogens is 384 g/mol. The number of thiophene rings is 1. The first-order chi connectivity index (χ1) is 12.9. The van der Waals surface area contributed by atoms with Crippen molar-refractivity contribution in [3.63, 3.8) is 0 Å². The van der Waals surface area contributed by atoms with E-state index in [4.69, 9.17) is 11.6 Å². The predicted molar refractivity (Wildman–Crippen MR) is 109 cm³/mol. The topological polar surface area (TPSA) is 76.0 Å². The third-order valence-corrected chi connectivity index (χ3v) is 5.50. The SMILES string of the molecule is CCc1c(C)sc(NC(=O)c2c(Cl)cnn2C)c1C(=O)Nc1ccccc1. The third-order valence-electron chi connectivity index (χ3n) is 4.16. The van der Waals surface area contributed by atoms with E-state index in [1.165, 1.54) is 22.2 Å². The van der Waals surface area contributed by atoms with E-state index in [2.05, 4.69) is 15.7 Å². The second-order valence-electron chi connectivity index (χ2n) is 5.93. The normalized spacial score (nSPS) is 10.7. The highest BCUT2D eigenvalue weighted by Crippen LogP contribution is 2.34. The first kappa shape index (κ1) is 19.1. The van der Waals surface area contributed by atoms with Crippen LogP contribution in [0.3, 0.4) is 0 Å². The quantitative estimate of drug-likeness (QED) is 0.659. The average molecular weight is 403 g/mol. The zero-order valence-corrected chi connectivity index (χ0v) is 16.7. The zero-order valence-electron chi connectivity index (χ0n) is 15.2. The molecule has 3 rings (SSSR count). The summed E-state index contributed by atoms with van der Waals surface area (Å²) in [7, 11) is 1.64. The Morgan fingerprint density at radius 1 is 1.19 bits per heavy atom. The van der Waals surface area contributed by atoms with E-state index in [1.807, 2.05) is 44.2 Å². The van der Waals surface area contributed by atoms with Gasteiger partial charge in [0.2, 0.25) is 0 Å². The molecule has 0 aliphatic heterocycles. The van der Waals surface area contributed by atoms with Crippen LogP contribution in [0.1, 0.15) is 38.2 Å². The molecule has 140 valence electrons. The summed E-state index contributed by atoms with van der Waals surface area (Å²) >= 11 is 7.44. The zero-order chi connectivity index (χ0) is 19.6. The van der Waals surface area contributed by atoms with Crippen molar-refractivity contribution in [1.29, 1.82) is 0 Å². The van der Waals surface area contributed by atoms with Crippen molar-refractivity contribution in [3.8, 4) is 0 Å². The molecule has 6 nitrogen and oxygen atoms in total. The number of nitrogens with zero attached hydrogens (tertiary/aromatic N) is 2. The number of rotatable bonds is 5. The van der Waals surface area contributed by atoms with Crippen LogP contribution in [0.25, 0.3) is 0 Å². The van der Waals surface area contributed by atoms with Gasteiger partial charge in [-0.2, -0.15) is 5.10 Å². The van der Waals surface area contributed by atoms with E-state index >= 15 is 0 Å². The van der Waals surface area contributed by atoms with E-state index in [-0.39, 0.29) is 16.6 Å². The number of amides is 2. The summed E-state index contributed by atoms with van der Waals surface area (Å²) in [6.07, 6.45) is 2.10. The summed E-state index contributed by atoms with van der Waals surface area (Å²) in [5.41, 5.74) is 2.34. The van der Waals surface area contributed by atoms with Crippen LogP contribution in [-0.2, 0) is 13.5 Å². The molecule has 0 aliphatic carbocycles. The second-order valence-corrected chi connectivity index (χ2v) is 7.57. The molecule has 2 amide bonds. The number of para-hydroxylation sites is 1. The number of nitrogens with one attached hydrogen (secondary N) is 2. The van der Waals surface area contributed by atoms with Gasteiger partial charge in [0.05, 0.1) is 16.8 Å². The minimum atomic E-state index is -0.405. The fraction of sp³-hybridized carbons (Fsp3) is 0.211. The molecule has 2 heterocycles. The number of anilines is 2. The Balaban J connectivity index is 1.94. The van der Waals surface area contributed by atoms with Crippen molar-refractivity contribution in [3.05, 3.63) is 63.2 Å². The molecule has 3 aromatic rings. The van der Waals surface area contributed by atoms with Crippen LogP contribution in [-0.4, -0.2) is 21.6 Å². The van der Waals surface area contributed by atoms with E-state index in [9.17, 15) is 9.59 Å². The molecule has 0 saturated heterocycles. The van der Waals surface area contributed by atoms with Crippen molar-refractivity contribution in [2.24, 2.45) is 7.05 Å². The largest absolute Gasteiger partial charge is 0.322 e. The Kier molecular flexibility index (Phi) is 5.62. The lowest BCUT2D eigenvalue weighted by Gasteiger charge is -2.10. The lowest BCUT2D eigenvalue weighted by Crippen LogP contribution is -2.20. The molecule has 2 aromatic heterocycles. The van der Waals surface area contributed by atoms with Crippen LogP contribution in [0, 0.1) is 6.92 Å². The van der Waals surface area contributed by atoms with Gasteiger partial charge in [0.25, 0.3) is 11.8 Å². The van der Waals surface area contributed by atoms with E-state index in [0.717, 1.165) is 10.4 Å². The van der Waals surface area contributed by atoms with Crippen molar-refractivity contribution in [2.75, 3.05) is 10.6 Å². The maximum absolute atomic E-state index is 12.9. The first-order valence-electron chi connectivity index (χ1n) is 8.39. The van der Waals surface area contributed by atoms with Gasteiger partial charge in [-0.3, -0.25) is 14.3 Å². The molecule has 27 heavy (non-hydrogen) atoms. The Morgan fingerprint density at radius 3 is 2.48 bits per heavy atom. The maximum atomic E-state index is 12.9. The second kappa shape index (κ2) is 7.94. The summed E-state index contributed by atoms with van der Waals surface area (Å²) in [5.74, 6) is -0.661. The van der Waals surface area contributed by atoms with Crippen LogP contribution in [0.2, 0.25) is 5.02 Å². The standard InChI is InChI=1S/C19H19ClN4O2S/c1-4-13-11(2)27-19(23-18(26)16-14(20)10-21-24(16)3)15(13)17(25)22-12-8-6-5-7-9-12/h5-10H,4H2,1-3H3,(H,22,25)(H,23,26). The summed E-state index contributed by atoms with van der Waals surface area (Å²) in [4.78, 5) is 26.6. The molecule has 0 bridgehead atoms. The van der Waals surface area contributed by atoms with E-state index in [1.54, 1.807) is 7.05 Å². The molecule has 0 saturated carbocycles. The highest BCUT2D eigenvalue weighted by atomic mass is 35.5. The smallest absolute Gasteiger partial charge is 0.276 e. The van der Waals surface area contributed by atoms with Gasteiger partial charge < -0.3 is 10.6 Å². The number of hydrogen-bond acceptors (Lipinski definition) is 4. The first-order valence-corrected chi connectivity index (χ1v) is 9.59. The average Bonchev–Trinajstić information content (AvgIpc) is 3.14. The fourth-order valence-corrected chi connectivity index (χ4v) is 4.27. The lowest BCUT2D eigenvalue weighted by molar-refractivity contribution is 0.101.